The van der Waals surface area contributed by atoms with Gasteiger partial charge in [0, 0.05) is 10.7 Å². The third-order valence-corrected chi connectivity index (χ3v) is 2.97. The zero-order chi connectivity index (χ0) is 15.2. The largest absolute Gasteiger partial charge is 0.322 e. The fourth-order valence-corrected chi connectivity index (χ4v) is 1.83. The van der Waals surface area contributed by atoms with Crippen molar-refractivity contribution in [2.75, 3.05) is 10.6 Å². The molecule has 2 aromatic rings. The maximum Gasteiger partial charge on any atom is 0.257 e. The van der Waals surface area contributed by atoms with E-state index in [9.17, 15) is 9.59 Å². The number of rotatable bonds is 4. The lowest BCUT2D eigenvalue weighted by Gasteiger charge is -2.10. The molecule has 0 saturated heterocycles. The number of hydrogen-bond acceptors (Lipinski definition) is 2. The monoisotopic (exact) mass is 300 g/mol. The molecule has 0 aliphatic carbocycles. The van der Waals surface area contributed by atoms with E-state index in [-0.39, 0.29) is 11.8 Å². The number of anilines is 2. The van der Waals surface area contributed by atoms with Crippen molar-refractivity contribution in [3.05, 3.63) is 71.8 Å². The highest BCUT2D eigenvalue weighted by Gasteiger charge is 2.12. The second-order valence-electron chi connectivity index (χ2n) is 4.20. The molecule has 2 N–H and O–H groups in total. The molecule has 0 saturated carbocycles. The number of carbonyl (C=O) groups excluding carboxylic acids is 2. The highest BCUT2D eigenvalue weighted by atomic mass is 35.5. The molecule has 0 atom stereocenters. The molecule has 4 nitrogen and oxygen atoms in total. The van der Waals surface area contributed by atoms with Gasteiger partial charge in [-0.05, 0) is 42.5 Å². The van der Waals surface area contributed by atoms with Crippen LogP contribution in [0.4, 0.5) is 11.4 Å². The Labute approximate surface area is 127 Å². The summed E-state index contributed by atoms with van der Waals surface area (Å²) in [5.41, 5.74) is 1.41. The van der Waals surface area contributed by atoms with Gasteiger partial charge in [0.2, 0.25) is 5.91 Å². The molecule has 5 heteroatoms. The maximum absolute atomic E-state index is 12.3. The topological polar surface area (TPSA) is 58.2 Å². The van der Waals surface area contributed by atoms with Crippen LogP contribution in [0.3, 0.4) is 0 Å². The Morgan fingerprint density at radius 2 is 1.67 bits per heavy atom. The molecular formula is C16H13ClN2O2. The molecule has 21 heavy (non-hydrogen) atoms. The van der Waals surface area contributed by atoms with E-state index in [1.54, 1.807) is 48.5 Å². The highest BCUT2D eigenvalue weighted by molar-refractivity contribution is 6.30. The van der Waals surface area contributed by atoms with Crippen LogP contribution in [0.5, 0.6) is 0 Å². The first kappa shape index (κ1) is 14.8. The van der Waals surface area contributed by atoms with E-state index in [4.69, 9.17) is 11.6 Å². The SMILES string of the molecule is C=CC(=O)Nc1ccccc1C(=O)Nc1ccc(Cl)cc1. The van der Waals surface area contributed by atoms with E-state index in [1.807, 2.05) is 0 Å². The van der Waals surface area contributed by atoms with Gasteiger partial charge in [-0.15, -0.1) is 0 Å². The fraction of sp³-hybridized carbons (Fsp3) is 0. The van der Waals surface area contributed by atoms with Gasteiger partial charge in [0.25, 0.3) is 5.91 Å². The Hall–Kier alpha value is -2.59. The second kappa shape index (κ2) is 6.72. The molecule has 2 rings (SSSR count). The summed E-state index contributed by atoms with van der Waals surface area (Å²) in [5, 5.41) is 5.93. The van der Waals surface area contributed by atoms with E-state index in [2.05, 4.69) is 17.2 Å². The summed E-state index contributed by atoms with van der Waals surface area (Å²) >= 11 is 5.79. The van der Waals surface area contributed by atoms with Crippen molar-refractivity contribution in [3.63, 3.8) is 0 Å². The van der Waals surface area contributed by atoms with Gasteiger partial charge < -0.3 is 10.6 Å². The molecule has 2 amide bonds. The summed E-state index contributed by atoms with van der Waals surface area (Å²) < 4.78 is 0. The van der Waals surface area contributed by atoms with Gasteiger partial charge in [-0.1, -0.05) is 30.3 Å². The molecule has 0 bridgehead atoms. The average molecular weight is 301 g/mol. The molecule has 0 aliphatic heterocycles. The molecule has 0 heterocycles. The number of amides is 2. The minimum atomic E-state index is -0.373. The summed E-state index contributed by atoms with van der Waals surface area (Å²) in [7, 11) is 0. The van der Waals surface area contributed by atoms with Gasteiger partial charge >= 0.3 is 0 Å². The molecule has 0 spiro atoms. The lowest BCUT2D eigenvalue weighted by Crippen LogP contribution is -2.16. The van der Waals surface area contributed by atoms with Crippen molar-refractivity contribution in [2.45, 2.75) is 0 Å². The smallest absolute Gasteiger partial charge is 0.257 e. The first-order valence-corrected chi connectivity index (χ1v) is 6.57. The number of benzene rings is 2. The van der Waals surface area contributed by atoms with E-state index in [1.165, 1.54) is 0 Å². The van der Waals surface area contributed by atoms with Crippen LogP contribution in [0.25, 0.3) is 0 Å². The molecule has 2 aromatic carbocycles. The molecule has 0 aliphatic rings. The van der Waals surface area contributed by atoms with Crippen LogP contribution in [-0.4, -0.2) is 11.8 Å². The number of hydrogen-bond donors (Lipinski definition) is 2. The lowest BCUT2D eigenvalue weighted by molar-refractivity contribution is -0.111. The Morgan fingerprint density at radius 3 is 2.33 bits per heavy atom. The quantitative estimate of drug-likeness (QED) is 0.846. The van der Waals surface area contributed by atoms with Gasteiger partial charge in [-0.2, -0.15) is 0 Å². The van der Waals surface area contributed by atoms with Crippen molar-refractivity contribution in [1.29, 1.82) is 0 Å². The molecule has 0 radical (unpaired) electrons. The first-order chi connectivity index (χ1) is 10.1. The number of halogens is 1. The molecule has 0 fully saturated rings. The van der Waals surface area contributed by atoms with Crippen molar-refractivity contribution in [3.8, 4) is 0 Å². The Morgan fingerprint density at radius 1 is 1.00 bits per heavy atom. The average Bonchev–Trinajstić information content (AvgIpc) is 2.50. The summed E-state index contributed by atoms with van der Waals surface area (Å²) in [4.78, 5) is 23.6. The fourth-order valence-electron chi connectivity index (χ4n) is 1.71. The molecular weight excluding hydrogens is 288 g/mol. The van der Waals surface area contributed by atoms with Crippen LogP contribution in [0, 0.1) is 0 Å². The van der Waals surface area contributed by atoms with Crippen molar-refractivity contribution in [1.82, 2.24) is 0 Å². The van der Waals surface area contributed by atoms with Crippen molar-refractivity contribution in [2.24, 2.45) is 0 Å². The Bertz CT molecular complexity index is 681. The molecule has 0 aromatic heterocycles. The predicted molar refractivity (Wildman–Crippen MR) is 84.7 cm³/mol. The number of carbonyl (C=O) groups is 2. The third kappa shape index (κ3) is 3.94. The number of nitrogens with one attached hydrogen (secondary N) is 2. The predicted octanol–water partition coefficient (Wildman–Crippen LogP) is 3.72. The van der Waals surface area contributed by atoms with Gasteiger partial charge in [0.15, 0.2) is 0 Å². The van der Waals surface area contributed by atoms with Crippen LogP contribution < -0.4 is 10.6 Å². The summed E-state index contributed by atoms with van der Waals surface area (Å²) in [6.07, 6.45) is 1.15. The molecule has 0 unspecified atom stereocenters. The van der Waals surface area contributed by atoms with Crippen LogP contribution >= 0.6 is 11.6 Å². The van der Waals surface area contributed by atoms with E-state index >= 15 is 0 Å². The van der Waals surface area contributed by atoms with E-state index < -0.39 is 0 Å². The van der Waals surface area contributed by atoms with Crippen molar-refractivity contribution >= 4 is 34.8 Å². The first-order valence-electron chi connectivity index (χ1n) is 6.19. The van der Waals surface area contributed by atoms with Gasteiger partial charge in [-0.3, -0.25) is 9.59 Å². The van der Waals surface area contributed by atoms with Crippen LogP contribution in [-0.2, 0) is 4.79 Å². The summed E-state index contributed by atoms with van der Waals surface area (Å²) in [6.45, 7) is 3.38. The van der Waals surface area contributed by atoms with Crippen LogP contribution in [0.1, 0.15) is 10.4 Å². The minimum Gasteiger partial charge on any atom is -0.322 e. The zero-order valence-electron chi connectivity index (χ0n) is 11.1. The Kier molecular flexibility index (Phi) is 4.74. The maximum atomic E-state index is 12.3. The van der Waals surface area contributed by atoms with Gasteiger partial charge in [0.05, 0.1) is 11.3 Å². The van der Waals surface area contributed by atoms with Gasteiger partial charge in [-0.25, -0.2) is 0 Å². The van der Waals surface area contributed by atoms with E-state index in [0.717, 1.165) is 6.08 Å². The lowest BCUT2D eigenvalue weighted by atomic mass is 10.1. The standard InChI is InChI=1S/C16H13ClN2O2/c1-2-15(20)19-14-6-4-3-5-13(14)16(21)18-12-9-7-11(17)8-10-12/h2-10H,1H2,(H,18,21)(H,19,20). The third-order valence-electron chi connectivity index (χ3n) is 2.72. The summed E-state index contributed by atoms with van der Waals surface area (Å²) in [6, 6.07) is 13.5. The second-order valence-corrected chi connectivity index (χ2v) is 4.64. The van der Waals surface area contributed by atoms with Crippen LogP contribution in [0.2, 0.25) is 5.02 Å². The highest BCUT2D eigenvalue weighted by Crippen LogP contribution is 2.18. The normalized spacial score (nSPS) is 9.76. The Balaban J connectivity index is 2.20. The van der Waals surface area contributed by atoms with Crippen LogP contribution in [0.15, 0.2) is 61.2 Å². The minimum absolute atomic E-state index is 0.322. The zero-order valence-corrected chi connectivity index (χ0v) is 11.9. The van der Waals surface area contributed by atoms with Gasteiger partial charge in [0.1, 0.15) is 0 Å². The summed E-state index contributed by atoms with van der Waals surface area (Å²) in [5.74, 6) is -0.695. The van der Waals surface area contributed by atoms with E-state index in [0.29, 0.717) is 22.0 Å². The molecule has 106 valence electrons. The number of para-hydroxylation sites is 1. The van der Waals surface area contributed by atoms with Crippen molar-refractivity contribution < 1.29 is 9.59 Å².